The van der Waals surface area contributed by atoms with Gasteiger partial charge in [-0.3, -0.25) is 4.79 Å². The summed E-state index contributed by atoms with van der Waals surface area (Å²) in [7, 11) is 0. The smallest absolute Gasteiger partial charge is 0.481 e. The van der Waals surface area contributed by atoms with E-state index in [4.69, 9.17) is 25.5 Å². The minimum atomic E-state index is -5.08. The molecule has 0 aromatic rings. The standard InChI is InChI=1S/C8H15NO3.C2HF3O2/c9-6-1-2-7(5-6)12-4-3-8(10)11;3-2(4,5)1(6)7/h6-7H,1-5,9H2,(H,10,11);(H,6,7)/t6-,7+;/m1./s1. The van der Waals surface area contributed by atoms with E-state index in [9.17, 15) is 18.0 Å². The molecule has 0 spiro atoms. The molecular weight excluding hydrogens is 271 g/mol. The largest absolute Gasteiger partial charge is 0.490 e. The van der Waals surface area contributed by atoms with Crippen molar-refractivity contribution in [2.45, 2.75) is 44.0 Å². The first-order chi connectivity index (χ1) is 8.62. The zero-order chi connectivity index (χ0) is 15.1. The van der Waals surface area contributed by atoms with Gasteiger partial charge in [-0.05, 0) is 19.3 Å². The molecule has 2 atom stereocenters. The summed E-state index contributed by atoms with van der Waals surface area (Å²) in [4.78, 5) is 19.0. The predicted molar refractivity (Wildman–Crippen MR) is 57.5 cm³/mol. The summed E-state index contributed by atoms with van der Waals surface area (Å²) in [5.74, 6) is -3.57. The minimum absolute atomic E-state index is 0.0890. The second kappa shape index (κ2) is 7.95. The maximum Gasteiger partial charge on any atom is 0.490 e. The molecule has 0 heterocycles. The zero-order valence-electron chi connectivity index (χ0n) is 10.0. The van der Waals surface area contributed by atoms with Crippen molar-refractivity contribution in [1.82, 2.24) is 0 Å². The predicted octanol–water partition coefficient (Wildman–Crippen LogP) is 0.991. The Morgan fingerprint density at radius 2 is 1.79 bits per heavy atom. The van der Waals surface area contributed by atoms with Gasteiger partial charge in [0.1, 0.15) is 0 Å². The summed E-state index contributed by atoms with van der Waals surface area (Å²) < 4.78 is 37.1. The highest BCUT2D eigenvalue weighted by atomic mass is 19.4. The molecule has 6 nitrogen and oxygen atoms in total. The normalized spacial score (nSPS) is 22.5. The van der Waals surface area contributed by atoms with Gasteiger partial charge < -0.3 is 20.7 Å². The van der Waals surface area contributed by atoms with Gasteiger partial charge in [0.15, 0.2) is 0 Å². The highest BCUT2D eigenvalue weighted by molar-refractivity contribution is 5.73. The summed E-state index contributed by atoms with van der Waals surface area (Å²) in [5, 5.41) is 15.5. The lowest BCUT2D eigenvalue weighted by atomic mass is 10.3. The molecule has 9 heteroatoms. The molecule has 1 fully saturated rings. The summed E-state index contributed by atoms with van der Waals surface area (Å²) in [6.45, 7) is 0.312. The number of carbonyl (C=O) groups is 2. The van der Waals surface area contributed by atoms with E-state index in [0.29, 0.717) is 6.61 Å². The molecule has 1 saturated carbocycles. The molecule has 19 heavy (non-hydrogen) atoms. The van der Waals surface area contributed by atoms with E-state index in [-0.39, 0.29) is 18.6 Å². The van der Waals surface area contributed by atoms with Gasteiger partial charge in [0.05, 0.1) is 19.1 Å². The van der Waals surface area contributed by atoms with Gasteiger partial charge in [-0.25, -0.2) is 4.79 Å². The van der Waals surface area contributed by atoms with Crippen molar-refractivity contribution in [3.8, 4) is 0 Å². The highest BCUT2D eigenvalue weighted by Crippen LogP contribution is 2.20. The maximum atomic E-state index is 10.6. The van der Waals surface area contributed by atoms with Crippen molar-refractivity contribution in [2.24, 2.45) is 5.73 Å². The van der Waals surface area contributed by atoms with Crippen LogP contribution in [0.15, 0.2) is 0 Å². The average molecular weight is 287 g/mol. The third-order valence-electron chi connectivity index (χ3n) is 2.34. The third-order valence-corrected chi connectivity index (χ3v) is 2.34. The van der Waals surface area contributed by atoms with E-state index < -0.39 is 18.1 Å². The average Bonchev–Trinajstić information content (AvgIpc) is 2.63. The Kier molecular flexibility index (Phi) is 7.38. The Morgan fingerprint density at radius 1 is 1.26 bits per heavy atom. The summed E-state index contributed by atoms with van der Waals surface area (Å²) >= 11 is 0. The molecule has 112 valence electrons. The fourth-order valence-electron chi connectivity index (χ4n) is 1.44. The second-order valence-electron chi connectivity index (χ2n) is 4.01. The first kappa shape index (κ1) is 17.6. The monoisotopic (exact) mass is 287 g/mol. The molecule has 0 aromatic heterocycles. The number of alkyl halides is 3. The number of hydrogen-bond donors (Lipinski definition) is 3. The van der Waals surface area contributed by atoms with Crippen LogP contribution in [-0.2, 0) is 14.3 Å². The molecule has 0 aliphatic heterocycles. The van der Waals surface area contributed by atoms with Crippen molar-refractivity contribution in [3.63, 3.8) is 0 Å². The van der Waals surface area contributed by atoms with Crippen molar-refractivity contribution >= 4 is 11.9 Å². The Labute approximate surface area is 107 Å². The summed E-state index contributed by atoms with van der Waals surface area (Å²) in [5.41, 5.74) is 5.66. The number of nitrogens with two attached hydrogens (primary N) is 1. The number of ether oxygens (including phenoxy) is 1. The van der Waals surface area contributed by atoms with Crippen LogP contribution in [0.3, 0.4) is 0 Å². The number of hydrogen-bond acceptors (Lipinski definition) is 4. The molecular formula is C10H16F3NO5. The molecule has 1 rings (SSSR count). The Bertz CT molecular complexity index is 308. The number of carboxylic acids is 2. The molecule has 0 amide bonds. The summed E-state index contributed by atoms with van der Waals surface area (Å²) in [6.07, 6.45) is -1.96. The molecule has 4 N–H and O–H groups in total. The zero-order valence-corrected chi connectivity index (χ0v) is 10.0. The van der Waals surface area contributed by atoms with Crippen molar-refractivity contribution in [2.75, 3.05) is 6.61 Å². The first-order valence-electron chi connectivity index (χ1n) is 5.52. The fraction of sp³-hybridized carbons (Fsp3) is 0.800. The van der Waals surface area contributed by atoms with E-state index in [1.807, 2.05) is 0 Å². The Balaban J connectivity index is 0.000000399. The van der Waals surface area contributed by atoms with E-state index in [0.717, 1.165) is 19.3 Å². The van der Waals surface area contributed by atoms with Crippen molar-refractivity contribution < 1.29 is 37.7 Å². The highest BCUT2D eigenvalue weighted by Gasteiger charge is 2.38. The molecule has 0 radical (unpaired) electrons. The van der Waals surface area contributed by atoms with Crippen LogP contribution in [-0.4, -0.2) is 47.1 Å². The molecule has 0 saturated heterocycles. The van der Waals surface area contributed by atoms with Gasteiger partial charge in [-0.15, -0.1) is 0 Å². The number of halogens is 3. The minimum Gasteiger partial charge on any atom is -0.481 e. The molecule has 1 aliphatic carbocycles. The number of carboxylic acid groups (broad SMARTS) is 2. The summed E-state index contributed by atoms with van der Waals surface area (Å²) in [6, 6.07) is 0.250. The first-order valence-corrected chi connectivity index (χ1v) is 5.52. The van der Waals surface area contributed by atoms with E-state index in [1.165, 1.54) is 0 Å². The van der Waals surface area contributed by atoms with Gasteiger partial charge >= 0.3 is 18.1 Å². The lowest BCUT2D eigenvalue weighted by molar-refractivity contribution is -0.192. The number of aliphatic carboxylic acids is 2. The van der Waals surface area contributed by atoms with Gasteiger partial charge in [0.2, 0.25) is 0 Å². The van der Waals surface area contributed by atoms with Crippen LogP contribution >= 0.6 is 0 Å². The van der Waals surface area contributed by atoms with Crippen LogP contribution in [0.5, 0.6) is 0 Å². The van der Waals surface area contributed by atoms with Crippen LogP contribution in [0.2, 0.25) is 0 Å². The van der Waals surface area contributed by atoms with Gasteiger partial charge in [0.25, 0.3) is 0 Å². The van der Waals surface area contributed by atoms with E-state index in [1.54, 1.807) is 0 Å². The van der Waals surface area contributed by atoms with Gasteiger partial charge in [-0.1, -0.05) is 0 Å². The molecule has 0 bridgehead atoms. The Morgan fingerprint density at radius 3 is 2.11 bits per heavy atom. The molecule has 1 aliphatic rings. The van der Waals surface area contributed by atoms with E-state index in [2.05, 4.69) is 0 Å². The van der Waals surface area contributed by atoms with Crippen LogP contribution in [0.4, 0.5) is 13.2 Å². The van der Waals surface area contributed by atoms with Crippen LogP contribution in [0.25, 0.3) is 0 Å². The molecule has 0 aromatic carbocycles. The second-order valence-corrected chi connectivity index (χ2v) is 4.01. The SMILES string of the molecule is N[C@@H]1CC[C@H](OCCC(=O)O)C1.O=C(O)C(F)(F)F. The van der Waals surface area contributed by atoms with Crippen molar-refractivity contribution in [1.29, 1.82) is 0 Å². The van der Waals surface area contributed by atoms with Gasteiger partial charge in [0, 0.05) is 6.04 Å². The lowest BCUT2D eigenvalue weighted by Crippen LogP contribution is -2.21. The fourth-order valence-corrected chi connectivity index (χ4v) is 1.44. The van der Waals surface area contributed by atoms with Crippen LogP contribution in [0.1, 0.15) is 25.7 Å². The third kappa shape index (κ3) is 9.25. The quantitative estimate of drug-likeness (QED) is 0.711. The van der Waals surface area contributed by atoms with Crippen LogP contribution in [0, 0.1) is 0 Å². The van der Waals surface area contributed by atoms with E-state index >= 15 is 0 Å². The van der Waals surface area contributed by atoms with Gasteiger partial charge in [-0.2, -0.15) is 13.2 Å². The molecule has 0 unspecified atom stereocenters. The van der Waals surface area contributed by atoms with Crippen LogP contribution < -0.4 is 5.73 Å². The Hall–Kier alpha value is -1.35. The number of rotatable bonds is 4. The lowest BCUT2D eigenvalue weighted by Gasteiger charge is -2.09. The topological polar surface area (TPSA) is 110 Å². The van der Waals surface area contributed by atoms with Crippen molar-refractivity contribution in [3.05, 3.63) is 0 Å². The maximum absolute atomic E-state index is 10.6.